The molecule has 0 atom stereocenters. The smallest absolute Gasteiger partial charge is 0.131 e. The molecule has 0 aromatic rings. The van der Waals surface area contributed by atoms with E-state index in [9.17, 15) is 4.79 Å². The molecule has 0 aromatic carbocycles. The number of Topliss-reactive ketones (excluding diaryl/α,β-unsaturated/α-hetero) is 1. The van der Waals surface area contributed by atoms with Crippen LogP contribution in [0.4, 0.5) is 0 Å². The topological polar surface area (TPSA) is 32.3 Å². The molecule has 0 amide bonds. The van der Waals surface area contributed by atoms with Crippen molar-refractivity contribution in [3.05, 3.63) is 0 Å². The van der Waals surface area contributed by atoms with Gasteiger partial charge in [0.2, 0.25) is 0 Å². The van der Waals surface area contributed by atoms with E-state index in [0.717, 1.165) is 19.8 Å². The van der Waals surface area contributed by atoms with Crippen LogP contribution in [0.3, 0.4) is 0 Å². The monoisotopic (exact) mass is 158 g/mol. The Morgan fingerprint density at radius 3 is 2.55 bits per heavy atom. The van der Waals surface area contributed by atoms with Crippen LogP contribution in [0.5, 0.6) is 0 Å². The molecule has 0 aliphatic carbocycles. The first kappa shape index (κ1) is 10.6. The molecule has 0 aromatic heterocycles. The van der Waals surface area contributed by atoms with Gasteiger partial charge in [-0.25, -0.2) is 0 Å². The lowest BCUT2D eigenvalue weighted by atomic mass is 10.3. The van der Waals surface area contributed by atoms with Crippen molar-refractivity contribution in [3.8, 4) is 0 Å². The van der Waals surface area contributed by atoms with Crippen molar-refractivity contribution in [2.24, 2.45) is 0 Å². The molecule has 0 spiro atoms. The van der Waals surface area contributed by atoms with Crippen LogP contribution >= 0.6 is 0 Å². The Bertz CT molecular complexity index is 115. The van der Waals surface area contributed by atoms with Crippen molar-refractivity contribution in [2.75, 3.05) is 26.8 Å². The zero-order chi connectivity index (χ0) is 8.69. The van der Waals surface area contributed by atoms with Gasteiger partial charge in [-0.3, -0.25) is 9.69 Å². The van der Waals surface area contributed by atoms with Crippen molar-refractivity contribution < 1.29 is 4.79 Å². The number of ketones is 1. The standard InChI is InChI=1S/C8H18N2O/c1-4-10(7-9-3)6-5-8(2)11/h9H,4-7H2,1-3H3. The summed E-state index contributed by atoms with van der Waals surface area (Å²) in [5.41, 5.74) is 0. The van der Waals surface area contributed by atoms with Crippen molar-refractivity contribution in [1.29, 1.82) is 0 Å². The summed E-state index contributed by atoms with van der Waals surface area (Å²) in [5.74, 6) is 0.263. The summed E-state index contributed by atoms with van der Waals surface area (Å²) >= 11 is 0. The van der Waals surface area contributed by atoms with Crippen LogP contribution in [-0.4, -0.2) is 37.5 Å². The highest BCUT2D eigenvalue weighted by Crippen LogP contribution is 1.89. The number of carbonyl (C=O) groups is 1. The lowest BCUT2D eigenvalue weighted by Crippen LogP contribution is -2.33. The Balaban J connectivity index is 3.43. The number of hydrogen-bond donors (Lipinski definition) is 1. The fourth-order valence-corrected chi connectivity index (χ4v) is 0.888. The van der Waals surface area contributed by atoms with Crippen molar-refractivity contribution in [3.63, 3.8) is 0 Å². The molecule has 0 aliphatic rings. The SMILES string of the molecule is CCN(CCC(C)=O)CNC. The maximum Gasteiger partial charge on any atom is 0.131 e. The molecule has 11 heavy (non-hydrogen) atoms. The molecule has 0 heterocycles. The lowest BCUT2D eigenvalue weighted by Gasteiger charge is -2.18. The number of rotatable bonds is 6. The van der Waals surface area contributed by atoms with Gasteiger partial charge in [0.1, 0.15) is 5.78 Å². The van der Waals surface area contributed by atoms with Crippen LogP contribution < -0.4 is 5.32 Å². The molecule has 66 valence electrons. The van der Waals surface area contributed by atoms with Gasteiger partial charge in [-0.05, 0) is 20.5 Å². The van der Waals surface area contributed by atoms with E-state index in [4.69, 9.17) is 0 Å². The fraction of sp³-hybridized carbons (Fsp3) is 0.875. The second kappa shape index (κ2) is 6.31. The van der Waals surface area contributed by atoms with E-state index in [1.807, 2.05) is 7.05 Å². The van der Waals surface area contributed by atoms with Gasteiger partial charge in [-0.2, -0.15) is 0 Å². The van der Waals surface area contributed by atoms with Gasteiger partial charge in [0, 0.05) is 19.6 Å². The maximum absolute atomic E-state index is 10.6. The molecule has 0 saturated heterocycles. The number of hydrogen-bond acceptors (Lipinski definition) is 3. The molecule has 0 bridgehead atoms. The predicted molar refractivity (Wildman–Crippen MR) is 46.5 cm³/mol. The minimum Gasteiger partial charge on any atom is -0.307 e. The van der Waals surface area contributed by atoms with E-state index in [-0.39, 0.29) is 5.78 Å². The second-order valence-corrected chi connectivity index (χ2v) is 2.67. The average Bonchev–Trinajstić information content (AvgIpc) is 1.97. The highest BCUT2D eigenvalue weighted by molar-refractivity contribution is 5.75. The van der Waals surface area contributed by atoms with Gasteiger partial charge >= 0.3 is 0 Å². The minimum absolute atomic E-state index is 0.263. The van der Waals surface area contributed by atoms with Crippen LogP contribution in [0.25, 0.3) is 0 Å². The third-order valence-corrected chi connectivity index (χ3v) is 1.61. The molecule has 0 unspecified atom stereocenters. The summed E-state index contributed by atoms with van der Waals surface area (Å²) < 4.78 is 0. The molecule has 1 N–H and O–H groups in total. The van der Waals surface area contributed by atoms with Gasteiger partial charge in [0.15, 0.2) is 0 Å². The van der Waals surface area contributed by atoms with Gasteiger partial charge in [0.05, 0.1) is 0 Å². The molecule has 0 saturated carbocycles. The number of nitrogens with zero attached hydrogens (tertiary/aromatic N) is 1. The maximum atomic E-state index is 10.6. The predicted octanol–water partition coefficient (Wildman–Crippen LogP) is 0.464. The Labute approximate surface area is 68.8 Å². The summed E-state index contributed by atoms with van der Waals surface area (Å²) in [7, 11) is 1.91. The fourth-order valence-electron chi connectivity index (χ4n) is 0.888. The Hall–Kier alpha value is -0.410. The third-order valence-electron chi connectivity index (χ3n) is 1.61. The summed E-state index contributed by atoms with van der Waals surface area (Å²) in [5, 5.41) is 3.06. The first-order valence-electron chi connectivity index (χ1n) is 4.07. The summed E-state index contributed by atoms with van der Waals surface area (Å²) in [6, 6.07) is 0. The van der Waals surface area contributed by atoms with Crippen LogP contribution in [0.1, 0.15) is 20.3 Å². The van der Waals surface area contributed by atoms with Crippen molar-refractivity contribution in [1.82, 2.24) is 10.2 Å². The molecule has 3 nitrogen and oxygen atoms in total. The zero-order valence-corrected chi connectivity index (χ0v) is 7.68. The van der Waals surface area contributed by atoms with E-state index in [1.54, 1.807) is 6.92 Å². The van der Waals surface area contributed by atoms with Crippen LogP contribution in [0.15, 0.2) is 0 Å². The van der Waals surface area contributed by atoms with Gasteiger partial charge in [-0.15, -0.1) is 0 Å². The normalized spacial score (nSPS) is 10.5. The van der Waals surface area contributed by atoms with E-state index in [0.29, 0.717) is 6.42 Å². The zero-order valence-electron chi connectivity index (χ0n) is 7.68. The molecular weight excluding hydrogens is 140 g/mol. The Kier molecular flexibility index (Phi) is 6.07. The molecule has 3 heteroatoms. The van der Waals surface area contributed by atoms with Crippen molar-refractivity contribution >= 4 is 5.78 Å². The molecule has 0 fully saturated rings. The average molecular weight is 158 g/mol. The van der Waals surface area contributed by atoms with Gasteiger partial charge in [-0.1, -0.05) is 6.92 Å². The van der Waals surface area contributed by atoms with Crippen LogP contribution in [0.2, 0.25) is 0 Å². The van der Waals surface area contributed by atoms with Gasteiger partial charge < -0.3 is 5.32 Å². The molecular formula is C8H18N2O. The van der Waals surface area contributed by atoms with E-state index in [2.05, 4.69) is 17.1 Å². The summed E-state index contributed by atoms with van der Waals surface area (Å²) in [6.07, 6.45) is 0.662. The third kappa shape index (κ3) is 6.01. The summed E-state index contributed by atoms with van der Waals surface area (Å²) in [4.78, 5) is 12.8. The highest BCUT2D eigenvalue weighted by atomic mass is 16.1. The quantitative estimate of drug-likeness (QED) is 0.570. The minimum atomic E-state index is 0.263. The summed E-state index contributed by atoms with van der Waals surface area (Å²) in [6.45, 7) is 6.45. The Morgan fingerprint density at radius 1 is 1.55 bits per heavy atom. The van der Waals surface area contributed by atoms with E-state index < -0.39 is 0 Å². The molecule has 0 radical (unpaired) electrons. The first-order chi connectivity index (χ1) is 5.20. The number of nitrogens with one attached hydrogen (secondary N) is 1. The van der Waals surface area contributed by atoms with Crippen molar-refractivity contribution in [2.45, 2.75) is 20.3 Å². The second-order valence-electron chi connectivity index (χ2n) is 2.67. The molecule has 0 aliphatic heterocycles. The van der Waals surface area contributed by atoms with Crippen LogP contribution in [0, 0.1) is 0 Å². The first-order valence-corrected chi connectivity index (χ1v) is 4.07. The number of carbonyl (C=O) groups excluding carboxylic acids is 1. The van der Waals surface area contributed by atoms with Gasteiger partial charge in [0.25, 0.3) is 0 Å². The van der Waals surface area contributed by atoms with Crippen LogP contribution in [-0.2, 0) is 4.79 Å². The van der Waals surface area contributed by atoms with E-state index >= 15 is 0 Å². The van der Waals surface area contributed by atoms with E-state index in [1.165, 1.54) is 0 Å². The Morgan fingerprint density at radius 2 is 2.18 bits per heavy atom. The molecule has 0 rings (SSSR count). The lowest BCUT2D eigenvalue weighted by molar-refractivity contribution is -0.117. The highest BCUT2D eigenvalue weighted by Gasteiger charge is 2.00. The largest absolute Gasteiger partial charge is 0.307 e.